The molecule has 9 nitrogen and oxygen atoms in total. The average molecular weight is 498 g/mol. The minimum absolute atomic E-state index is 0.102. The van der Waals surface area contributed by atoms with Crippen molar-refractivity contribution >= 4 is 23.0 Å². The number of hydrogen-bond donors (Lipinski definition) is 2. The summed E-state index contributed by atoms with van der Waals surface area (Å²) in [5, 5.41) is 7.71. The van der Waals surface area contributed by atoms with Crippen LogP contribution in [0.4, 0.5) is 5.69 Å². The zero-order valence-electron chi connectivity index (χ0n) is 20.8. The zero-order chi connectivity index (χ0) is 25.4. The quantitative estimate of drug-likeness (QED) is 0.411. The Morgan fingerprint density at radius 3 is 2.68 bits per heavy atom. The Kier molecular flexibility index (Phi) is 5.90. The van der Waals surface area contributed by atoms with Gasteiger partial charge in [-0.1, -0.05) is 31.4 Å². The molecule has 1 saturated carbocycles. The van der Waals surface area contributed by atoms with Gasteiger partial charge in [-0.15, -0.1) is 0 Å². The highest BCUT2D eigenvalue weighted by Gasteiger charge is 2.34. The first-order chi connectivity index (χ1) is 18.0. The Hall–Kier alpha value is -4.14. The molecule has 1 aromatic carbocycles. The maximum Gasteiger partial charge on any atom is 0.274 e. The van der Waals surface area contributed by atoms with Gasteiger partial charge in [0.2, 0.25) is 0 Å². The Morgan fingerprint density at radius 2 is 1.86 bits per heavy atom. The van der Waals surface area contributed by atoms with Gasteiger partial charge in [-0.05, 0) is 48.7 Å². The molecule has 9 heteroatoms. The van der Waals surface area contributed by atoms with E-state index in [2.05, 4.69) is 32.1 Å². The summed E-state index contributed by atoms with van der Waals surface area (Å²) in [6.45, 7) is 2.35. The first kappa shape index (κ1) is 23.3. The summed E-state index contributed by atoms with van der Waals surface area (Å²) in [4.78, 5) is 32.6. The molecule has 0 unspecified atom stereocenters. The van der Waals surface area contributed by atoms with E-state index in [4.69, 9.17) is 5.73 Å². The molecule has 37 heavy (non-hydrogen) atoms. The average Bonchev–Trinajstić information content (AvgIpc) is 3.59. The third-order valence-corrected chi connectivity index (χ3v) is 7.94. The molecule has 6 rings (SSSR count). The number of aromatic nitrogens is 4. The predicted molar refractivity (Wildman–Crippen MR) is 140 cm³/mol. The van der Waals surface area contributed by atoms with E-state index in [0.29, 0.717) is 43.0 Å². The van der Waals surface area contributed by atoms with Crippen molar-refractivity contribution in [1.29, 1.82) is 0 Å². The van der Waals surface area contributed by atoms with Crippen LogP contribution in [0.3, 0.4) is 0 Å². The van der Waals surface area contributed by atoms with Crippen LogP contribution in [0.15, 0.2) is 61.2 Å². The summed E-state index contributed by atoms with van der Waals surface area (Å²) in [7, 11) is 0. The second-order valence-corrected chi connectivity index (χ2v) is 10.2. The van der Waals surface area contributed by atoms with E-state index in [1.54, 1.807) is 46.3 Å². The van der Waals surface area contributed by atoms with E-state index in [1.807, 2.05) is 12.1 Å². The normalized spacial score (nSPS) is 16.9. The summed E-state index contributed by atoms with van der Waals surface area (Å²) >= 11 is 0. The maximum atomic E-state index is 13.4. The van der Waals surface area contributed by atoms with Crippen LogP contribution in [0.25, 0.3) is 5.52 Å². The largest absolute Gasteiger partial charge is 0.399 e. The highest BCUT2D eigenvalue weighted by atomic mass is 16.2. The van der Waals surface area contributed by atoms with Gasteiger partial charge < -0.3 is 20.5 Å². The van der Waals surface area contributed by atoms with Crippen molar-refractivity contribution in [2.45, 2.75) is 50.6 Å². The number of nitrogens with one attached hydrogen (secondary N) is 1. The van der Waals surface area contributed by atoms with Crippen molar-refractivity contribution in [3.05, 3.63) is 83.7 Å². The Bertz CT molecular complexity index is 1450. The number of carbonyl (C=O) groups excluding carboxylic acids is 2. The molecule has 1 aliphatic carbocycles. The number of carbonyl (C=O) groups is 2. The van der Waals surface area contributed by atoms with Crippen molar-refractivity contribution in [3.63, 3.8) is 0 Å². The van der Waals surface area contributed by atoms with Crippen molar-refractivity contribution in [2.24, 2.45) is 0 Å². The second kappa shape index (κ2) is 9.38. The second-order valence-electron chi connectivity index (χ2n) is 10.2. The number of pyridine rings is 1. The van der Waals surface area contributed by atoms with Crippen LogP contribution in [-0.4, -0.2) is 49.0 Å². The number of nitrogens with zero attached hydrogens (tertiary/aromatic N) is 5. The molecule has 2 amide bonds. The van der Waals surface area contributed by atoms with Gasteiger partial charge in [-0.2, -0.15) is 5.10 Å². The summed E-state index contributed by atoms with van der Waals surface area (Å²) in [6, 6.07) is 13.4. The van der Waals surface area contributed by atoms with Crippen LogP contribution in [-0.2, 0) is 18.5 Å². The number of hydrogen-bond acceptors (Lipinski definition) is 5. The van der Waals surface area contributed by atoms with Crippen LogP contribution < -0.4 is 11.1 Å². The van der Waals surface area contributed by atoms with Crippen molar-refractivity contribution in [1.82, 2.24) is 29.4 Å². The number of nitrogen functional groups attached to an aromatic ring is 1. The lowest BCUT2D eigenvalue weighted by molar-refractivity contribution is 0.0704. The van der Waals surface area contributed by atoms with E-state index in [9.17, 15) is 9.59 Å². The lowest BCUT2D eigenvalue weighted by Crippen LogP contribution is -2.42. The fraction of sp³-hybridized carbons (Fsp3) is 0.357. The van der Waals surface area contributed by atoms with Gasteiger partial charge in [0, 0.05) is 43.1 Å². The Morgan fingerprint density at radius 1 is 1.05 bits per heavy atom. The summed E-state index contributed by atoms with van der Waals surface area (Å²) in [5.74, 6) is -0.307. The van der Waals surface area contributed by atoms with Crippen LogP contribution in [0, 0.1) is 0 Å². The van der Waals surface area contributed by atoms with Crippen LogP contribution in [0.5, 0.6) is 0 Å². The van der Waals surface area contributed by atoms with E-state index in [-0.39, 0.29) is 17.2 Å². The summed E-state index contributed by atoms with van der Waals surface area (Å²) < 4.78 is 3.67. The Balaban J connectivity index is 1.22. The number of fused-ring (bicyclic) bond motifs is 2. The first-order valence-corrected chi connectivity index (χ1v) is 12.9. The highest BCUT2D eigenvalue weighted by Crippen LogP contribution is 2.39. The lowest BCUT2D eigenvalue weighted by Gasteiger charge is -2.38. The number of imidazole rings is 1. The molecule has 3 aromatic heterocycles. The summed E-state index contributed by atoms with van der Waals surface area (Å²) in [6.07, 6.45) is 10.9. The SMILES string of the molecule is Nc1ccc(C2(CNC(=O)c3cccn4nc(C(=O)N5CCn6cncc6C5)cc34)CCCCC2)cc1. The van der Waals surface area contributed by atoms with Crippen molar-refractivity contribution in [3.8, 4) is 0 Å². The maximum absolute atomic E-state index is 13.4. The standard InChI is InChI=1S/C28H31N7O2/c29-21-8-6-20(7-9-21)28(10-2-1-3-11-28)18-31-26(36)23-5-4-12-35-25(23)15-24(32-35)27(37)33-13-14-34-19-30-16-22(34)17-33/h4-9,12,15-16,19H,1-3,10-11,13-14,17-18,29H2,(H,31,36). The molecule has 0 radical (unpaired) electrons. The third kappa shape index (κ3) is 4.34. The van der Waals surface area contributed by atoms with Gasteiger partial charge in [-0.3, -0.25) is 9.59 Å². The van der Waals surface area contributed by atoms with Crippen LogP contribution in [0.1, 0.15) is 64.2 Å². The molecule has 4 aromatic rings. The topological polar surface area (TPSA) is 111 Å². The fourth-order valence-electron chi connectivity index (χ4n) is 5.81. The molecule has 4 heterocycles. The molecule has 1 fully saturated rings. The molecule has 0 spiro atoms. The van der Waals surface area contributed by atoms with E-state index >= 15 is 0 Å². The molecule has 3 N–H and O–H groups in total. The number of nitrogens with two attached hydrogens (primary N) is 1. The number of rotatable bonds is 5. The molecule has 1 aliphatic heterocycles. The zero-order valence-corrected chi connectivity index (χ0v) is 20.8. The number of amides is 2. The minimum atomic E-state index is -0.160. The van der Waals surface area contributed by atoms with Gasteiger partial charge in [-0.25, -0.2) is 9.50 Å². The van der Waals surface area contributed by atoms with E-state index in [0.717, 1.165) is 37.1 Å². The van der Waals surface area contributed by atoms with Crippen LogP contribution >= 0.6 is 0 Å². The predicted octanol–water partition coefficient (Wildman–Crippen LogP) is 3.40. The Labute approximate surface area is 215 Å². The number of benzene rings is 1. The van der Waals surface area contributed by atoms with E-state index in [1.165, 1.54) is 12.0 Å². The van der Waals surface area contributed by atoms with Crippen molar-refractivity contribution < 1.29 is 9.59 Å². The molecule has 190 valence electrons. The minimum Gasteiger partial charge on any atom is -0.399 e. The highest BCUT2D eigenvalue weighted by molar-refractivity contribution is 6.02. The first-order valence-electron chi connectivity index (χ1n) is 12.9. The molecular formula is C28H31N7O2. The third-order valence-electron chi connectivity index (χ3n) is 7.94. The molecule has 2 aliphatic rings. The van der Waals surface area contributed by atoms with E-state index < -0.39 is 0 Å². The van der Waals surface area contributed by atoms with Crippen molar-refractivity contribution in [2.75, 3.05) is 18.8 Å². The fourth-order valence-corrected chi connectivity index (χ4v) is 5.81. The van der Waals surface area contributed by atoms with Crippen LogP contribution in [0.2, 0.25) is 0 Å². The molecule has 0 bridgehead atoms. The molecule has 0 saturated heterocycles. The summed E-state index contributed by atoms with van der Waals surface area (Å²) in [5.41, 5.74) is 10.3. The molecular weight excluding hydrogens is 466 g/mol. The van der Waals surface area contributed by atoms with Gasteiger partial charge in [0.25, 0.3) is 11.8 Å². The monoisotopic (exact) mass is 497 g/mol. The van der Waals surface area contributed by atoms with Gasteiger partial charge in [0.05, 0.1) is 29.6 Å². The van der Waals surface area contributed by atoms with Gasteiger partial charge in [0.15, 0.2) is 5.69 Å². The lowest BCUT2D eigenvalue weighted by atomic mass is 9.69. The molecule has 0 atom stereocenters. The smallest absolute Gasteiger partial charge is 0.274 e. The van der Waals surface area contributed by atoms with Gasteiger partial charge in [0.1, 0.15) is 0 Å². The van der Waals surface area contributed by atoms with Gasteiger partial charge >= 0.3 is 0 Å². The number of anilines is 1.